The third-order valence-electron chi connectivity index (χ3n) is 5.29. The van der Waals surface area contributed by atoms with Crippen LogP contribution < -0.4 is 5.32 Å². The molecule has 4 rings (SSSR count). The summed E-state index contributed by atoms with van der Waals surface area (Å²) in [5.74, 6) is 1.15. The summed E-state index contributed by atoms with van der Waals surface area (Å²) in [5, 5.41) is 21.0. The zero-order chi connectivity index (χ0) is 22.7. The molecule has 0 unspecified atom stereocenters. The molecule has 0 atom stereocenters. The van der Waals surface area contributed by atoms with Crippen molar-refractivity contribution in [2.75, 3.05) is 11.1 Å². The Morgan fingerprint density at radius 1 is 1.19 bits per heavy atom. The third kappa shape index (κ3) is 5.27. The Hall–Kier alpha value is -2.10. The molecule has 11 heteroatoms. The minimum absolute atomic E-state index is 0.0923. The van der Waals surface area contributed by atoms with Gasteiger partial charge in [0, 0.05) is 22.5 Å². The molecule has 1 fully saturated rings. The Morgan fingerprint density at radius 2 is 1.97 bits per heavy atom. The number of hydrogen-bond donors (Lipinski definition) is 1. The molecule has 32 heavy (non-hydrogen) atoms. The average molecular weight is 495 g/mol. The lowest BCUT2D eigenvalue weighted by Gasteiger charge is -2.25. The van der Waals surface area contributed by atoms with Crippen LogP contribution in [0.4, 0.5) is 6.01 Å². The number of anilines is 1. The van der Waals surface area contributed by atoms with Crippen molar-refractivity contribution in [1.29, 1.82) is 0 Å². The van der Waals surface area contributed by atoms with Crippen molar-refractivity contribution >= 4 is 46.9 Å². The Bertz CT molecular complexity index is 1090. The number of benzene rings is 1. The minimum Gasteiger partial charge on any atom is -0.408 e. The summed E-state index contributed by atoms with van der Waals surface area (Å²) in [6.45, 7) is 3.88. The summed E-state index contributed by atoms with van der Waals surface area (Å²) in [4.78, 5) is 12.5. The molecule has 1 aliphatic rings. The van der Waals surface area contributed by atoms with Gasteiger partial charge in [0.2, 0.25) is 11.8 Å². The summed E-state index contributed by atoms with van der Waals surface area (Å²) in [6.07, 6.45) is 5.60. The number of carbonyl (C=O) groups is 1. The molecule has 1 aromatic carbocycles. The smallest absolute Gasteiger partial charge is 0.322 e. The van der Waals surface area contributed by atoms with E-state index in [1.807, 2.05) is 19.9 Å². The van der Waals surface area contributed by atoms with E-state index in [4.69, 9.17) is 27.6 Å². The quantitative estimate of drug-likeness (QED) is 0.402. The van der Waals surface area contributed by atoms with Crippen molar-refractivity contribution in [1.82, 2.24) is 25.0 Å². The van der Waals surface area contributed by atoms with Crippen molar-refractivity contribution in [3.63, 3.8) is 0 Å². The number of amides is 1. The number of rotatable bonds is 7. The van der Waals surface area contributed by atoms with Gasteiger partial charge in [-0.05, 0) is 31.0 Å². The summed E-state index contributed by atoms with van der Waals surface area (Å²) < 4.78 is 7.57. The minimum atomic E-state index is -0.252. The predicted octanol–water partition coefficient (Wildman–Crippen LogP) is 5.99. The molecule has 3 aromatic rings. The zero-order valence-electron chi connectivity index (χ0n) is 17.8. The topological polar surface area (TPSA) is 98.7 Å². The van der Waals surface area contributed by atoms with Crippen LogP contribution in [0.2, 0.25) is 10.0 Å². The maximum absolute atomic E-state index is 12.5. The maximum atomic E-state index is 12.5. The van der Waals surface area contributed by atoms with E-state index in [1.165, 1.54) is 18.2 Å². The molecule has 0 spiro atoms. The van der Waals surface area contributed by atoms with Crippen molar-refractivity contribution in [3.05, 3.63) is 34.1 Å². The van der Waals surface area contributed by atoms with Crippen molar-refractivity contribution in [2.45, 2.75) is 63.1 Å². The van der Waals surface area contributed by atoms with E-state index in [1.54, 1.807) is 12.1 Å². The van der Waals surface area contributed by atoms with Crippen molar-refractivity contribution in [3.8, 4) is 11.4 Å². The second kappa shape index (κ2) is 10.2. The molecular weight excluding hydrogens is 471 g/mol. The van der Waals surface area contributed by atoms with Gasteiger partial charge in [-0.1, -0.05) is 73.2 Å². The van der Waals surface area contributed by atoms with Gasteiger partial charge >= 0.3 is 6.01 Å². The molecule has 1 N–H and O–H groups in total. The molecule has 0 radical (unpaired) electrons. The van der Waals surface area contributed by atoms with Crippen LogP contribution in [0.25, 0.3) is 11.4 Å². The normalized spacial score (nSPS) is 14.8. The Morgan fingerprint density at radius 3 is 2.66 bits per heavy atom. The zero-order valence-corrected chi connectivity index (χ0v) is 20.2. The molecule has 2 heterocycles. The summed E-state index contributed by atoms with van der Waals surface area (Å²) in [5.41, 5.74) is 0.775. The standard InChI is InChI=1S/C21H24Cl2N6O2S/c1-12(2)19-26-27-20(31-19)24-17(30)11-32-21-28-25-18(15-9-8-13(22)10-16(15)23)29(21)14-6-4-3-5-7-14/h8-10,12,14H,3-7,11H2,1-2H3,(H,24,27,30). The summed E-state index contributed by atoms with van der Waals surface area (Å²) in [7, 11) is 0. The first-order valence-electron chi connectivity index (χ1n) is 10.6. The highest BCUT2D eigenvalue weighted by molar-refractivity contribution is 7.99. The first kappa shape index (κ1) is 23.1. The molecular formula is C21H24Cl2N6O2S. The van der Waals surface area contributed by atoms with E-state index in [9.17, 15) is 4.79 Å². The fraction of sp³-hybridized carbons (Fsp3) is 0.476. The summed E-state index contributed by atoms with van der Waals surface area (Å²) >= 11 is 13.9. The molecule has 1 amide bonds. The lowest BCUT2D eigenvalue weighted by Crippen LogP contribution is -2.17. The van der Waals surface area contributed by atoms with Crippen LogP contribution in [0.3, 0.4) is 0 Å². The molecule has 0 aliphatic heterocycles. The Kier molecular flexibility index (Phi) is 7.37. The van der Waals surface area contributed by atoms with Gasteiger partial charge in [0.05, 0.1) is 10.8 Å². The number of aromatic nitrogens is 5. The highest BCUT2D eigenvalue weighted by Gasteiger charge is 2.25. The lowest BCUT2D eigenvalue weighted by molar-refractivity contribution is -0.113. The van der Waals surface area contributed by atoms with Gasteiger partial charge in [-0.2, -0.15) is 0 Å². The fourth-order valence-corrected chi connectivity index (χ4v) is 5.00. The van der Waals surface area contributed by atoms with Crippen LogP contribution in [-0.4, -0.2) is 36.6 Å². The van der Waals surface area contributed by atoms with Crippen LogP contribution in [0.1, 0.15) is 63.8 Å². The monoisotopic (exact) mass is 494 g/mol. The van der Waals surface area contributed by atoms with E-state index in [-0.39, 0.29) is 29.6 Å². The first-order valence-corrected chi connectivity index (χ1v) is 12.3. The van der Waals surface area contributed by atoms with Crippen LogP contribution in [0.5, 0.6) is 0 Å². The second-order valence-electron chi connectivity index (χ2n) is 8.03. The Labute approximate surface area is 200 Å². The largest absolute Gasteiger partial charge is 0.408 e. The molecule has 8 nitrogen and oxygen atoms in total. The molecule has 0 saturated heterocycles. The number of halogens is 2. The highest BCUT2D eigenvalue weighted by atomic mass is 35.5. The van der Waals surface area contributed by atoms with Gasteiger partial charge < -0.3 is 4.42 Å². The fourth-order valence-electron chi connectivity index (χ4n) is 3.70. The van der Waals surface area contributed by atoms with Gasteiger partial charge in [0.25, 0.3) is 0 Å². The van der Waals surface area contributed by atoms with Crippen LogP contribution in [-0.2, 0) is 4.79 Å². The van der Waals surface area contributed by atoms with Crippen LogP contribution in [0.15, 0.2) is 27.8 Å². The SMILES string of the molecule is CC(C)c1nnc(NC(=O)CSc2nnc(-c3ccc(Cl)cc3Cl)n2C2CCCCC2)o1. The first-order chi connectivity index (χ1) is 15.4. The molecule has 170 valence electrons. The third-order valence-corrected chi connectivity index (χ3v) is 6.78. The molecule has 2 aromatic heterocycles. The summed E-state index contributed by atoms with van der Waals surface area (Å²) in [6, 6.07) is 5.71. The lowest BCUT2D eigenvalue weighted by atomic mass is 9.95. The van der Waals surface area contributed by atoms with Gasteiger partial charge in [0.15, 0.2) is 11.0 Å². The number of thioether (sulfide) groups is 1. The highest BCUT2D eigenvalue weighted by Crippen LogP contribution is 2.38. The number of nitrogens with zero attached hydrogens (tertiary/aromatic N) is 5. The molecule has 1 aliphatic carbocycles. The van der Waals surface area contributed by atoms with Gasteiger partial charge in [-0.25, -0.2) is 0 Å². The van der Waals surface area contributed by atoms with E-state index in [2.05, 4.69) is 30.3 Å². The van der Waals surface area contributed by atoms with Crippen molar-refractivity contribution in [2.24, 2.45) is 0 Å². The van der Waals surface area contributed by atoms with E-state index >= 15 is 0 Å². The van der Waals surface area contributed by atoms with E-state index < -0.39 is 0 Å². The Balaban J connectivity index is 1.53. The van der Waals surface area contributed by atoms with E-state index in [0.717, 1.165) is 31.2 Å². The van der Waals surface area contributed by atoms with Crippen LogP contribution >= 0.6 is 35.0 Å². The number of carbonyl (C=O) groups excluding carboxylic acids is 1. The van der Waals surface area contributed by atoms with Crippen molar-refractivity contribution < 1.29 is 9.21 Å². The predicted molar refractivity (Wildman–Crippen MR) is 125 cm³/mol. The van der Waals surface area contributed by atoms with Gasteiger partial charge in [-0.3, -0.25) is 14.7 Å². The molecule has 1 saturated carbocycles. The average Bonchev–Trinajstić information content (AvgIpc) is 3.40. The van der Waals surface area contributed by atoms with Crippen LogP contribution in [0, 0.1) is 0 Å². The molecule has 0 bridgehead atoms. The second-order valence-corrected chi connectivity index (χ2v) is 9.82. The maximum Gasteiger partial charge on any atom is 0.322 e. The number of nitrogens with one attached hydrogen (secondary N) is 1. The van der Waals surface area contributed by atoms with Gasteiger partial charge in [0.1, 0.15) is 0 Å². The van der Waals surface area contributed by atoms with E-state index in [0.29, 0.717) is 26.9 Å². The van der Waals surface area contributed by atoms with Gasteiger partial charge in [-0.15, -0.1) is 15.3 Å². The number of hydrogen-bond acceptors (Lipinski definition) is 7.